The van der Waals surface area contributed by atoms with E-state index < -0.39 is 0 Å². The predicted molar refractivity (Wildman–Crippen MR) is 55.5 cm³/mol. The van der Waals surface area contributed by atoms with Crippen LogP contribution in [0.1, 0.15) is 5.56 Å². The van der Waals surface area contributed by atoms with Crippen LogP contribution in [0.5, 0.6) is 17.2 Å². The molecule has 0 aromatic heterocycles. The lowest BCUT2D eigenvalue weighted by Gasteiger charge is -2.12. The molecule has 0 atom stereocenters. The molecule has 5 nitrogen and oxygen atoms in total. The van der Waals surface area contributed by atoms with Crippen LogP contribution < -0.4 is 14.2 Å². The van der Waals surface area contributed by atoms with E-state index in [0.29, 0.717) is 22.8 Å². The number of benzene rings is 1. The third kappa shape index (κ3) is 2.31. The standard InChI is InChI=1S/C10H13NO4/c1-13-8-4-7(6-11-12)5-9(14-2)10(8)15-3/h4-6,12H,1-3H3/b11-6+. The molecule has 0 bridgehead atoms. The van der Waals surface area contributed by atoms with Crippen LogP contribution in [-0.4, -0.2) is 32.8 Å². The second-order valence-electron chi connectivity index (χ2n) is 2.70. The van der Waals surface area contributed by atoms with Gasteiger partial charge in [-0.2, -0.15) is 0 Å². The molecule has 0 aliphatic rings. The maximum atomic E-state index is 8.43. The minimum Gasteiger partial charge on any atom is -0.493 e. The Kier molecular flexibility index (Phi) is 3.79. The van der Waals surface area contributed by atoms with Crippen molar-refractivity contribution in [1.82, 2.24) is 0 Å². The number of ether oxygens (including phenoxy) is 3. The molecule has 0 aliphatic carbocycles. The molecular weight excluding hydrogens is 198 g/mol. The molecule has 82 valence electrons. The van der Waals surface area contributed by atoms with Gasteiger partial charge in [0.2, 0.25) is 5.75 Å². The van der Waals surface area contributed by atoms with E-state index >= 15 is 0 Å². The van der Waals surface area contributed by atoms with E-state index in [9.17, 15) is 0 Å². The zero-order valence-electron chi connectivity index (χ0n) is 8.85. The first-order valence-electron chi connectivity index (χ1n) is 4.24. The van der Waals surface area contributed by atoms with Crippen LogP contribution in [-0.2, 0) is 0 Å². The zero-order chi connectivity index (χ0) is 11.3. The summed E-state index contributed by atoms with van der Waals surface area (Å²) < 4.78 is 15.4. The van der Waals surface area contributed by atoms with Crippen molar-refractivity contribution in [2.45, 2.75) is 0 Å². The summed E-state index contributed by atoms with van der Waals surface area (Å²) in [5.74, 6) is 1.55. The largest absolute Gasteiger partial charge is 0.493 e. The molecule has 0 saturated heterocycles. The Labute approximate surface area is 87.9 Å². The van der Waals surface area contributed by atoms with Crippen molar-refractivity contribution < 1.29 is 19.4 Å². The molecule has 1 aromatic rings. The van der Waals surface area contributed by atoms with Gasteiger partial charge in [-0.3, -0.25) is 0 Å². The van der Waals surface area contributed by atoms with Gasteiger partial charge >= 0.3 is 0 Å². The average Bonchev–Trinajstić information content (AvgIpc) is 2.28. The SMILES string of the molecule is COc1cc(/C=N/O)cc(OC)c1OC. The van der Waals surface area contributed by atoms with Crippen molar-refractivity contribution in [2.24, 2.45) is 5.16 Å². The van der Waals surface area contributed by atoms with E-state index in [-0.39, 0.29) is 0 Å². The van der Waals surface area contributed by atoms with Crippen LogP contribution in [0.15, 0.2) is 17.3 Å². The number of rotatable bonds is 4. The predicted octanol–water partition coefficient (Wildman–Crippen LogP) is 1.52. The molecule has 15 heavy (non-hydrogen) atoms. The second kappa shape index (κ2) is 5.09. The molecular formula is C10H13NO4. The Morgan fingerprint density at radius 3 is 1.93 bits per heavy atom. The molecule has 0 heterocycles. The monoisotopic (exact) mass is 211 g/mol. The van der Waals surface area contributed by atoms with Gasteiger partial charge in [-0.15, -0.1) is 0 Å². The highest BCUT2D eigenvalue weighted by molar-refractivity contribution is 5.82. The van der Waals surface area contributed by atoms with Gasteiger partial charge in [-0.25, -0.2) is 0 Å². The van der Waals surface area contributed by atoms with Gasteiger partial charge in [0.15, 0.2) is 11.5 Å². The molecule has 0 radical (unpaired) electrons. The fourth-order valence-corrected chi connectivity index (χ4v) is 1.24. The molecule has 5 heteroatoms. The van der Waals surface area contributed by atoms with Gasteiger partial charge in [-0.05, 0) is 12.1 Å². The van der Waals surface area contributed by atoms with E-state index in [1.807, 2.05) is 0 Å². The van der Waals surface area contributed by atoms with Crippen molar-refractivity contribution in [3.8, 4) is 17.2 Å². The third-order valence-electron chi connectivity index (χ3n) is 1.89. The summed E-state index contributed by atoms with van der Waals surface area (Å²) >= 11 is 0. The van der Waals surface area contributed by atoms with Crippen LogP contribution in [0, 0.1) is 0 Å². The smallest absolute Gasteiger partial charge is 0.203 e. The maximum absolute atomic E-state index is 8.43. The first-order valence-corrected chi connectivity index (χ1v) is 4.24. The summed E-state index contributed by atoms with van der Waals surface area (Å²) in [7, 11) is 4.58. The lowest BCUT2D eigenvalue weighted by Crippen LogP contribution is -1.96. The summed E-state index contributed by atoms with van der Waals surface area (Å²) in [5.41, 5.74) is 0.659. The summed E-state index contributed by atoms with van der Waals surface area (Å²) in [5, 5.41) is 11.4. The van der Waals surface area contributed by atoms with E-state index in [1.54, 1.807) is 12.1 Å². The Morgan fingerprint density at radius 1 is 1.07 bits per heavy atom. The summed E-state index contributed by atoms with van der Waals surface area (Å²) in [4.78, 5) is 0. The molecule has 0 unspecified atom stereocenters. The van der Waals surface area contributed by atoms with Gasteiger partial charge < -0.3 is 19.4 Å². The highest BCUT2D eigenvalue weighted by Crippen LogP contribution is 2.37. The van der Waals surface area contributed by atoms with E-state index in [1.165, 1.54) is 27.5 Å². The lowest BCUT2D eigenvalue weighted by molar-refractivity contribution is 0.320. The third-order valence-corrected chi connectivity index (χ3v) is 1.89. The summed E-state index contributed by atoms with van der Waals surface area (Å²) in [6.07, 6.45) is 1.28. The molecule has 1 N–H and O–H groups in total. The minimum absolute atomic E-state index is 0.509. The minimum atomic E-state index is 0.509. The van der Waals surface area contributed by atoms with Crippen molar-refractivity contribution in [1.29, 1.82) is 0 Å². The molecule has 0 saturated carbocycles. The maximum Gasteiger partial charge on any atom is 0.203 e. The normalized spacial score (nSPS) is 10.3. The van der Waals surface area contributed by atoms with E-state index in [0.717, 1.165) is 0 Å². The van der Waals surface area contributed by atoms with Crippen LogP contribution in [0.3, 0.4) is 0 Å². The van der Waals surface area contributed by atoms with E-state index in [4.69, 9.17) is 19.4 Å². The molecule has 1 aromatic carbocycles. The highest BCUT2D eigenvalue weighted by atomic mass is 16.5. The summed E-state index contributed by atoms with van der Waals surface area (Å²) in [6, 6.07) is 3.36. The molecule has 0 spiro atoms. The van der Waals surface area contributed by atoms with Crippen molar-refractivity contribution in [3.05, 3.63) is 17.7 Å². The molecule has 0 aliphatic heterocycles. The van der Waals surface area contributed by atoms with Crippen LogP contribution >= 0.6 is 0 Å². The Balaban J connectivity index is 3.28. The quantitative estimate of drug-likeness (QED) is 0.466. The topological polar surface area (TPSA) is 60.3 Å². The Hall–Kier alpha value is -1.91. The number of methoxy groups -OCH3 is 3. The fourth-order valence-electron chi connectivity index (χ4n) is 1.24. The fraction of sp³-hybridized carbons (Fsp3) is 0.300. The number of hydrogen-bond acceptors (Lipinski definition) is 5. The first kappa shape index (κ1) is 11.2. The van der Waals surface area contributed by atoms with Crippen LogP contribution in [0.4, 0.5) is 0 Å². The van der Waals surface area contributed by atoms with Gasteiger partial charge in [0, 0.05) is 5.56 Å². The van der Waals surface area contributed by atoms with Gasteiger partial charge in [0.25, 0.3) is 0 Å². The number of oxime groups is 1. The molecule has 1 rings (SSSR count). The van der Waals surface area contributed by atoms with Crippen molar-refractivity contribution >= 4 is 6.21 Å². The zero-order valence-corrected chi connectivity index (χ0v) is 8.85. The van der Waals surface area contributed by atoms with Gasteiger partial charge in [0.05, 0.1) is 27.5 Å². The van der Waals surface area contributed by atoms with Gasteiger partial charge in [0.1, 0.15) is 0 Å². The molecule has 0 amide bonds. The number of nitrogens with zero attached hydrogens (tertiary/aromatic N) is 1. The van der Waals surface area contributed by atoms with Crippen molar-refractivity contribution in [3.63, 3.8) is 0 Å². The highest BCUT2D eigenvalue weighted by Gasteiger charge is 2.12. The Morgan fingerprint density at radius 2 is 1.60 bits per heavy atom. The second-order valence-corrected chi connectivity index (χ2v) is 2.70. The van der Waals surface area contributed by atoms with Crippen LogP contribution in [0.2, 0.25) is 0 Å². The van der Waals surface area contributed by atoms with Crippen molar-refractivity contribution in [2.75, 3.05) is 21.3 Å². The van der Waals surface area contributed by atoms with E-state index in [2.05, 4.69) is 5.16 Å². The van der Waals surface area contributed by atoms with Crippen LogP contribution in [0.25, 0.3) is 0 Å². The van der Waals surface area contributed by atoms with Gasteiger partial charge in [-0.1, -0.05) is 5.16 Å². The summed E-state index contributed by atoms with van der Waals surface area (Å²) in [6.45, 7) is 0. The Bertz CT molecular complexity index is 337. The average molecular weight is 211 g/mol. The lowest BCUT2D eigenvalue weighted by atomic mass is 10.2. The molecule has 0 fully saturated rings. The number of hydrogen-bond donors (Lipinski definition) is 1. The first-order chi connectivity index (χ1) is 7.26.